The second-order valence-electron chi connectivity index (χ2n) is 9.19. The predicted octanol–water partition coefficient (Wildman–Crippen LogP) is 5.66. The number of nitrogens with one attached hydrogen (secondary N) is 1. The molecule has 34 heavy (non-hydrogen) atoms. The van der Waals surface area contributed by atoms with Crippen LogP contribution in [0.25, 0.3) is 0 Å². The SMILES string of the molecule is Cc1cc(C)cc(CC(=O)N(Cc2cccc(Cl)c2)[C@H](Cc2ccccc2)C(=O)NC(C)C)c1. The average molecular weight is 477 g/mol. The Morgan fingerprint density at radius 1 is 0.853 bits per heavy atom. The molecule has 1 atom stereocenters. The molecule has 0 aliphatic carbocycles. The minimum Gasteiger partial charge on any atom is -0.352 e. The quantitative estimate of drug-likeness (QED) is 0.433. The summed E-state index contributed by atoms with van der Waals surface area (Å²) in [5.41, 5.74) is 5.06. The molecule has 0 fully saturated rings. The maximum atomic E-state index is 13.8. The third kappa shape index (κ3) is 7.46. The van der Waals surface area contributed by atoms with E-state index in [4.69, 9.17) is 11.6 Å². The van der Waals surface area contributed by atoms with Gasteiger partial charge >= 0.3 is 0 Å². The second-order valence-corrected chi connectivity index (χ2v) is 9.63. The molecule has 3 aromatic carbocycles. The zero-order chi connectivity index (χ0) is 24.7. The summed E-state index contributed by atoms with van der Waals surface area (Å²) < 4.78 is 0. The van der Waals surface area contributed by atoms with Crippen molar-refractivity contribution in [1.29, 1.82) is 0 Å². The molecule has 0 spiro atoms. The van der Waals surface area contributed by atoms with Gasteiger partial charge in [0.25, 0.3) is 0 Å². The molecule has 0 bridgehead atoms. The average Bonchev–Trinajstić information content (AvgIpc) is 2.75. The summed E-state index contributed by atoms with van der Waals surface area (Å²) in [5, 5.41) is 3.62. The molecule has 0 aromatic heterocycles. The van der Waals surface area contributed by atoms with E-state index in [1.54, 1.807) is 11.0 Å². The van der Waals surface area contributed by atoms with E-state index in [1.165, 1.54) is 0 Å². The van der Waals surface area contributed by atoms with Gasteiger partial charge in [-0.05, 0) is 56.5 Å². The number of carbonyl (C=O) groups is 2. The molecule has 0 saturated carbocycles. The highest BCUT2D eigenvalue weighted by Crippen LogP contribution is 2.19. The highest BCUT2D eigenvalue weighted by atomic mass is 35.5. The molecule has 4 nitrogen and oxygen atoms in total. The van der Waals surface area contributed by atoms with Crippen LogP contribution in [0.1, 0.15) is 41.7 Å². The van der Waals surface area contributed by atoms with Gasteiger partial charge < -0.3 is 10.2 Å². The van der Waals surface area contributed by atoms with Gasteiger partial charge in [0.05, 0.1) is 6.42 Å². The van der Waals surface area contributed by atoms with Crippen LogP contribution in [0, 0.1) is 13.8 Å². The highest BCUT2D eigenvalue weighted by molar-refractivity contribution is 6.30. The van der Waals surface area contributed by atoms with Gasteiger partial charge in [0.15, 0.2) is 0 Å². The van der Waals surface area contributed by atoms with Crippen LogP contribution in [0.4, 0.5) is 0 Å². The molecule has 178 valence electrons. The molecule has 3 rings (SSSR count). The van der Waals surface area contributed by atoms with Crippen LogP contribution in [-0.2, 0) is 29.0 Å². The van der Waals surface area contributed by atoms with E-state index < -0.39 is 6.04 Å². The first-order chi connectivity index (χ1) is 16.2. The standard InChI is InChI=1S/C29H33ClN2O2/c1-20(2)31-29(34)27(17-23-9-6-5-7-10-23)32(19-24-11-8-12-26(30)16-24)28(33)18-25-14-21(3)13-22(4)15-25/h5-16,20,27H,17-19H2,1-4H3,(H,31,34)/t27-/m1/s1. The van der Waals surface area contributed by atoms with Crippen molar-refractivity contribution in [1.82, 2.24) is 10.2 Å². The summed E-state index contributed by atoms with van der Waals surface area (Å²) in [5.74, 6) is -0.250. The Morgan fingerprint density at radius 3 is 2.12 bits per heavy atom. The fraction of sp³-hybridized carbons (Fsp3) is 0.310. The number of nitrogens with zero attached hydrogens (tertiary/aromatic N) is 1. The summed E-state index contributed by atoms with van der Waals surface area (Å²) in [6.07, 6.45) is 0.655. The minimum atomic E-state index is -0.651. The Labute approximate surface area is 207 Å². The lowest BCUT2D eigenvalue weighted by atomic mass is 10.00. The number of aryl methyl sites for hydroxylation is 2. The maximum Gasteiger partial charge on any atom is 0.243 e. The van der Waals surface area contributed by atoms with Crippen LogP contribution in [-0.4, -0.2) is 28.8 Å². The van der Waals surface area contributed by atoms with Gasteiger partial charge in [0.1, 0.15) is 6.04 Å². The molecule has 0 aliphatic rings. The lowest BCUT2D eigenvalue weighted by molar-refractivity contribution is -0.141. The van der Waals surface area contributed by atoms with Crippen molar-refractivity contribution in [2.75, 3.05) is 0 Å². The fourth-order valence-corrected chi connectivity index (χ4v) is 4.43. The van der Waals surface area contributed by atoms with E-state index in [0.29, 0.717) is 18.0 Å². The van der Waals surface area contributed by atoms with Crippen LogP contribution in [0.2, 0.25) is 5.02 Å². The van der Waals surface area contributed by atoms with Crippen molar-refractivity contribution in [2.45, 2.75) is 59.2 Å². The first kappa shape index (κ1) is 25.5. The minimum absolute atomic E-state index is 0.0340. The van der Waals surface area contributed by atoms with Gasteiger partial charge in [-0.3, -0.25) is 9.59 Å². The molecular formula is C29H33ClN2O2. The van der Waals surface area contributed by atoms with Gasteiger partial charge in [0.2, 0.25) is 11.8 Å². The van der Waals surface area contributed by atoms with Gasteiger partial charge in [-0.25, -0.2) is 0 Å². The van der Waals surface area contributed by atoms with Gasteiger partial charge in [-0.15, -0.1) is 0 Å². The van der Waals surface area contributed by atoms with Crippen LogP contribution in [0.3, 0.4) is 0 Å². The van der Waals surface area contributed by atoms with Crippen molar-refractivity contribution in [3.63, 3.8) is 0 Å². The summed E-state index contributed by atoms with van der Waals surface area (Å²) in [6, 6.07) is 22.7. The Balaban J connectivity index is 1.99. The van der Waals surface area contributed by atoms with Gasteiger partial charge in [-0.1, -0.05) is 83.4 Å². The zero-order valence-electron chi connectivity index (χ0n) is 20.3. The molecule has 0 aliphatic heterocycles. The maximum absolute atomic E-state index is 13.8. The zero-order valence-corrected chi connectivity index (χ0v) is 21.1. The van der Waals surface area contributed by atoms with E-state index in [0.717, 1.165) is 27.8 Å². The van der Waals surface area contributed by atoms with Crippen molar-refractivity contribution in [3.8, 4) is 0 Å². The monoisotopic (exact) mass is 476 g/mol. The van der Waals surface area contributed by atoms with E-state index in [2.05, 4.69) is 11.4 Å². The normalized spacial score (nSPS) is 11.8. The number of hydrogen-bond donors (Lipinski definition) is 1. The number of hydrogen-bond acceptors (Lipinski definition) is 2. The highest BCUT2D eigenvalue weighted by Gasteiger charge is 2.30. The molecule has 3 aromatic rings. The lowest BCUT2D eigenvalue weighted by Gasteiger charge is -2.32. The van der Waals surface area contributed by atoms with Crippen LogP contribution in [0.5, 0.6) is 0 Å². The fourth-order valence-electron chi connectivity index (χ4n) is 4.21. The number of rotatable bonds is 9. The molecule has 0 saturated heterocycles. The van der Waals surface area contributed by atoms with Crippen molar-refractivity contribution >= 4 is 23.4 Å². The number of amides is 2. The lowest BCUT2D eigenvalue weighted by Crippen LogP contribution is -2.52. The van der Waals surface area contributed by atoms with Crippen molar-refractivity contribution in [2.24, 2.45) is 0 Å². The molecule has 0 heterocycles. The second kappa shape index (κ2) is 11.8. The van der Waals surface area contributed by atoms with Gasteiger partial charge in [-0.2, -0.15) is 0 Å². The molecule has 0 radical (unpaired) electrons. The molecular weight excluding hydrogens is 444 g/mol. The third-order valence-corrected chi connectivity index (χ3v) is 5.82. The first-order valence-corrected chi connectivity index (χ1v) is 12.0. The summed E-state index contributed by atoms with van der Waals surface area (Å²) in [4.78, 5) is 28.9. The van der Waals surface area contributed by atoms with Crippen LogP contribution >= 0.6 is 11.6 Å². The van der Waals surface area contributed by atoms with Crippen LogP contribution in [0.15, 0.2) is 72.8 Å². The molecule has 0 unspecified atom stereocenters. The van der Waals surface area contributed by atoms with E-state index in [1.807, 2.05) is 88.4 Å². The van der Waals surface area contributed by atoms with Crippen molar-refractivity contribution in [3.05, 3.63) is 106 Å². The van der Waals surface area contributed by atoms with E-state index >= 15 is 0 Å². The first-order valence-electron chi connectivity index (χ1n) is 11.7. The Morgan fingerprint density at radius 2 is 1.50 bits per heavy atom. The third-order valence-electron chi connectivity index (χ3n) is 5.58. The van der Waals surface area contributed by atoms with Crippen LogP contribution < -0.4 is 5.32 Å². The molecule has 1 N–H and O–H groups in total. The van der Waals surface area contributed by atoms with Gasteiger partial charge in [0, 0.05) is 24.0 Å². The van der Waals surface area contributed by atoms with E-state index in [9.17, 15) is 9.59 Å². The Kier molecular flexibility index (Phi) is 8.89. The smallest absolute Gasteiger partial charge is 0.243 e. The molecule has 2 amide bonds. The largest absolute Gasteiger partial charge is 0.352 e. The number of benzene rings is 3. The summed E-state index contributed by atoms with van der Waals surface area (Å²) in [6.45, 7) is 8.21. The Hall–Kier alpha value is -3.11. The predicted molar refractivity (Wildman–Crippen MR) is 139 cm³/mol. The number of halogens is 1. The Bertz CT molecular complexity index is 1110. The summed E-state index contributed by atoms with van der Waals surface area (Å²) >= 11 is 6.23. The van der Waals surface area contributed by atoms with Crippen molar-refractivity contribution < 1.29 is 9.59 Å². The van der Waals surface area contributed by atoms with E-state index in [-0.39, 0.29) is 24.3 Å². The summed E-state index contributed by atoms with van der Waals surface area (Å²) in [7, 11) is 0. The molecule has 5 heteroatoms. The number of carbonyl (C=O) groups excluding carboxylic acids is 2. The topological polar surface area (TPSA) is 49.4 Å².